The van der Waals surface area contributed by atoms with Crippen LogP contribution in [0.25, 0.3) is 11.0 Å². The molecule has 0 unspecified atom stereocenters. The smallest absolute Gasteiger partial charge is 0.336 e. The fourth-order valence-electron chi connectivity index (χ4n) is 3.34. The summed E-state index contributed by atoms with van der Waals surface area (Å²) in [7, 11) is 0. The third kappa shape index (κ3) is 5.62. The van der Waals surface area contributed by atoms with Crippen LogP contribution in [0.15, 0.2) is 38.4 Å². The predicted octanol–water partition coefficient (Wildman–Crippen LogP) is 3.06. The number of rotatable bonds is 5. The van der Waals surface area contributed by atoms with Crippen molar-refractivity contribution in [1.82, 2.24) is 0 Å². The Labute approximate surface area is 187 Å². The van der Waals surface area contributed by atoms with E-state index in [0.29, 0.717) is 16.2 Å². The molecule has 0 radical (unpaired) electrons. The molecule has 1 fully saturated rings. The number of carbonyl (C=O) groups excluding carboxylic acids is 3. The number of carbonyl (C=O) groups is 3. The van der Waals surface area contributed by atoms with Crippen molar-refractivity contribution in [3.63, 3.8) is 0 Å². The SMILES string of the molecule is CC(=O)O[C@@H]1[C@@H](OC(C)=O)[C@H](Sc2cccc3c(C)cc(=O)oc23)SC[C@H]1OC(C)=O. The molecule has 1 aliphatic rings. The summed E-state index contributed by atoms with van der Waals surface area (Å²) in [6, 6.07) is 6.93. The van der Waals surface area contributed by atoms with E-state index in [0.717, 1.165) is 10.9 Å². The number of para-hydroxylation sites is 1. The van der Waals surface area contributed by atoms with Gasteiger partial charge in [-0.25, -0.2) is 4.79 Å². The van der Waals surface area contributed by atoms with Gasteiger partial charge >= 0.3 is 23.5 Å². The molecule has 1 aromatic heterocycles. The van der Waals surface area contributed by atoms with Crippen LogP contribution in [-0.2, 0) is 28.6 Å². The lowest BCUT2D eigenvalue weighted by Crippen LogP contribution is -2.53. The standard InChI is InChI=1S/C21H22O8S2/c1-10-8-17(25)29-18-14(10)6-5-7-16(18)31-21-20(28-13(4)24)19(27-12(3)23)15(9-30-21)26-11(2)22/h5-8,15,19-21H,9H2,1-4H3/t15-,19+,20-,21+/m1/s1. The zero-order chi connectivity index (χ0) is 22.7. The molecular formula is C21H22O8S2. The number of fused-ring (bicyclic) bond motifs is 1. The molecule has 31 heavy (non-hydrogen) atoms. The first kappa shape index (κ1) is 23.2. The quantitative estimate of drug-likeness (QED) is 0.370. The molecule has 1 aromatic carbocycles. The molecule has 0 bridgehead atoms. The lowest BCUT2D eigenvalue weighted by Gasteiger charge is -2.39. The minimum absolute atomic E-state index is 0.334. The van der Waals surface area contributed by atoms with Gasteiger partial charge in [-0.15, -0.1) is 23.5 Å². The number of hydrogen-bond acceptors (Lipinski definition) is 10. The van der Waals surface area contributed by atoms with Crippen LogP contribution in [-0.4, -0.2) is 46.6 Å². The molecule has 8 nitrogen and oxygen atoms in total. The molecule has 4 atom stereocenters. The van der Waals surface area contributed by atoms with Gasteiger partial charge in [-0.3, -0.25) is 14.4 Å². The Balaban J connectivity index is 1.98. The first-order valence-corrected chi connectivity index (χ1v) is 11.4. The van der Waals surface area contributed by atoms with E-state index in [1.807, 2.05) is 19.1 Å². The van der Waals surface area contributed by atoms with Crippen LogP contribution in [0.5, 0.6) is 0 Å². The van der Waals surface area contributed by atoms with Crippen molar-refractivity contribution in [1.29, 1.82) is 0 Å². The minimum Gasteiger partial charge on any atom is -0.458 e. The third-order valence-corrected chi connectivity index (χ3v) is 7.38. The number of ether oxygens (including phenoxy) is 3. The average Bonchev–Trinajstić information content (AvgIpc) is 2.65. The van der Waals surface area contributed by atoms with Crippen LogP contribution in [0.1, 0.15) is 26.3 Å². The molecular weight excluding hydrogens is 444 g/mol. The van der Waals surface area contributed by atoms with Gasteiger partial charge in [-0.1, -0.05) is 12.1 Å². The summed E-state index contributed by atoms with van der Waals surface area (Å²) in [5.41, 5.74) is 0.763. The summed E-state index contributed by atoms with van der Waals surface area (Å²) in [6.45, 7) is 5.58. The highest BCUT2D eigenvalue weighted by Crippen LogP contribution is 2.43. The molecule has 2 heterocycles. The first-order valence-electron chi connectivity index (χ1n) is 9.49. The third-order valence-electron chi connectivity index (χ3n) is 4.49. The van der Waals surface area contributed by atoms with Crippen molar-refractivity contribution >= 4 is 52.4 Å². The second-order valence-electron chi connectivity index (χ2n) is 7.00. The van der Waals surface area contributed by atoms with Crippen molar-refractivity contribution in [3.8, 4) is 0 Å². The summed E-state index contributed by atoms with van der Waals surface area (Å²) in [4.78, 5) is 47.7. The lowest BCUT2D eigenvalue weighted by molar-refractivity contribution is -0.180. The van der Waals surface area contributed by atoms with Gasteiger partial charge in [0.15, 0.2) is 23.9 Å². The molecule has 0 amide bonds. The summed E-state index contributed by atoms with van der Waals surface area (Å²) in [5.74, 6) is -1.33. The summed E-state index contributed by atoms with van der Waals surface area (Å²) >= 11 is 2.74. The number of esters is 3. The van der Waals surface area contributed by atoms with E-state index in [1.165, 1.54) is 50.4 Å². The van der Waals surface area contributed by atoms with Crippen LogP contribution in [0.2, 0.25) is 0 Å². The monoisotopic (exact) mass is 466 g/mol. The molecule has 1 saturated heterocycles. The second-order valence-corrected chi connectivity index (χ2v) is 9.65. The molecule has 0 saturated carbocycles. The fourth-order valence-corrected chi connectivity index (χ4v) is 6.21. The predicted molar refractivity (Wildman–Crippen MR) is 116 cm³/mol. The van der Waals surface area contributed by atoms with Crippen LogP contribution >= 0.6 is 23.5 Å². The van der Waals surface area contributed by atoms with Crippen LogP contribution in [0.3, 0.4) is 0 Å². The Morgan fingerprint density at radius 3 is 2.32 bits per heavy atom. The van der Waals surface area contributed by atoms with Gasteiger partial charge in [0.25, 0.3) is 0 Å². The van der Waals surface area contributed by atoms with Crippen molar-refractivity contribution < 1.29 is 33.0 Å². The fraction of sp³-hybridized carbons (Fsp3) is 0.429. The maximum absolute atomic E-state index is 11.9. The van der Waals surface area contributed by atoms with E-state index >= 15 is 0 Å². The summed E-state index contributed by atoms with van der Waals surface area (Å²) < 4.78 is 21.3. The van der Waals surface area contributed by atoms with Crippen LogP contribution in [0.4, 0.5) is 0 Å². The van der Waals surface area contributed by atoms with E-state index in [2.05, 4.69) is 0 Å². The highest BCUT2D eigenvalue weighted by Gasteiger charge is 2.46. The van der Waals surface area contributed by atoms with Gasteiger partial charge in [0, 0.05) is 38.0 Å². The van der Waals surface area contributed by atoms with Crippen molar-refractivity contribution in [2.45, 2.75) is 55.5 Å². The van der Waals surface area contributed by atoms with Gasteiger partial charge in [0.1, 0.15) is 0 Å². The lowest BCUT2D eigenvalue weighted by atomic mass is 10.1. The minimum atomic E-state index is -0.965. The molecule has 166 valence electrons. The number of aryl methyl sites for hydroxylation is 1. The number of thioether (sulfide) groups is 2. The van der Waals surface area contributed by atoms with E-state index in [-0.39, 0.29) is 0 Å². The molecule has 0 spiro atoms. The van der Waals surface area contributed by atoms with Gasteiger partial charge in [0.2, 0.25) is 0 Å². The van der Waals surface area contributed by atoms with Crippen LogP contribution < -0.4 is 5.63 Å². The zero-order valence-corrected chi connectivity index (χ0v) is 19.0. The molecule has 3 rings (SSSR count). The van der Waals surface area contributed by atoms with E-state index in [9.17, 15) is 19.2 Å². The first-order chi connectivity index (χ1) is 14.7. The maximum atomic E-state index is 11.9. The average molecular weight is 467 g/mol. The number of hydrogen-bond donors (Lipinski definition) is 0. The highest BCUT2D eigenvalue weighted by molar-refractivity contribution is 8.17. The summed E-state index contributed by atoms with van der Waals surface area (Å²) in [6.07, 6.45) is -2.62. The van der Waals surface area contributed by atoms with Gasteiger partial charge < -0.3 is 18.6 Å². The van der Waals surface area contributed by atoms with E-state index in [4.69, 9.17) is 18.6 Å². The molecule has 2 aromatic rings. The van der Waals surface area contributed by atoms with Gasteiger partial charge in [-0.05, 0) is 18.6 Å². The Bertz CT molecular complexity index is 1060. The van der Waals surface area contributed by atoms with Gasteiger partial charge in [-0.2, -0.15) is 0 Å². The van der Waals surface area contributed by atoms with Crippen molar-refractivity contribution in [3.05, 3.63) is 40.2 Å². The molecule has 10 heteroatoms. The number of benzene rings is 1. The largest absolute Gasteiger partial charge is 0.458 e. The maximum Gasteiger partial charge on any atom is 0.336 e. The summed E-state index contributed by atoms with van der Waals surface area (Å²) in [5, 5.41) is 0.795. The van der Waals surface area contributed by atoms with Crippen molar-refractivity contribution in [2.24, 2.45) is 0 Å². The molecule has 0 aliphatic carbocycles. The van der Waals surface area contributed by atoms with E-state index < -0.39 is 46.4 Å². The highest BCUT2D eigenvalue weighted by atomic mass is 32.2. The Kier molecular flexibility index (Phi) is 7.32. The topological polar surface area (TPSA) is 109 Å². The van der Waals surface area contributed by atoms with Gasteiger partial charge in [0.05, 0.1) is 9.48 Å². The molecule has 0 N–H and O–H groups in total. The Hall–Kier alpha value is -2.46. The zero-order valence-electron chi connectivity index (χ0n) is 17.4. The Morgan fingerprint density at radius 2 is 1.68 bits per heavy atom. The van der Waals surface area contributed by atoms with E-state index in [1.54, 1.807) is 6.07 Å². The van der Waals surface area contributed by atoms with Crippen LogP contribution in [0, 0.1) is 6.92 Å². The van der Waals surface area contributed by atoms with Crippen molar-refractivity contribution in [2.75, 3.05) is 5.75 Å². The normalized spacial score (nSPS) is 23.2. The Morgan fingerprint density at radius 1 is 1.03 bits per heavy atom. The second kappa shape index (κ2) is 9.78. The molecule has 1 aliphatic heterocycles.